The number of carbonyl (C=O) groups is 2. The highest BCUT2D eigenvalue weighted by Crippen LogP contribution is 2.27. The Morgan fingerprint density at radius 2 is 1.59 bits per heavy atom. The normalized spacial score (nSPS) is 13.9. The number of hydrogen-bond donors (Lipinski definition) is 0. The van der Waals surface area contributed by atoms with Crippen LogP contribution in [0.4, 0.5) is 5.69 Å². The maximum absolute atomic E-state index is 12.5. The molecule has 0 radical (unpaired) electrons. The van der Waals surface area contributed by atoms with Gasteiger partial charge in [0.05, 0.1) is 20.1 Å². The number of anilines is 1. The van der Waals surface area contributed by atoms with Crippen LogP contribution in [0, 0.1) is 13.8 Å². The van der Waals surface area contributed by atoms with Crippen LogP contribution in [0.25, 0.3) is 0 Å². The highest BCUT2D eigenvalue weighted by molar-refractivity contribution is 5.79. The van der Waals surface area contributed by atoms with E-state index in [-0.39, 0.29) is 5.91 Å². The third-order valence-corrected chi connectivity index (χ3v) is 5.24. The first-order valence-corrected chi connectivity index (χ1v) is 9.88. The van der Waals surface area contributed by atoms with Gasteiger partial charge in [-0.05, 0) is 61.4 Å². The highest BCUT2D eigenvalue weighted by Gasteiger charge is 2.23. The molecule has 1 amide bonds. The summed E-state index contributed by atoms with van der Waals surface area (Å²) in [6.45, 7) is 7.37. The molecule has 154 valence electrons. The fourth-order valence-electron chi connectivity index (χ4n) is 3.82. The number of benzene rings is 2. The van der Waals surface area contributed by atoms with Gasteiger partial charge in [0.15, 0.2) is 0 Å². The first-order valence-electron chi connectivity index (χ1n) is 9.88. The minimum Gasteiger partial charge on any atom is -0.497 e. The van der Waals surface area contributed by atoms with E-state index in [1.165, 1.54) is 5.69 Å². The van der Waals surface area contributed by atoms with Gasteiger partial charge >= 0.3 is 0 Å². The van der Waals surface area contributed by atoms with E-state index in [0.717, 1.165) is 42.0 Å². The predicted octanol–water partition coefficient (Wildman–Crippen LogP) is 3.24. The predicted molar refractivity (Wildman–Crippen MR) is 113 cm³/mol. The number of aldehydes is 1. The molecule has 2 aromatic carbocycles. The van der Waals surface area contributed by atoms with Crippen LogP contribution in [0.3, 0.4) is 0 Å². The van der Waals surface area contributed by atoms with Crippen LogP contribution in [0.5, 0.6) is 11.5 Å². The SMILES string of the molecule is COc1ccc(OCCC(=O)N2CCN(c3c(C)cc(C=O)cc3C)CC2)cc1. The van der Waals surface area contributed by atoms with Gasteiger partial charge in [0.1, 0.15) is 17.8 Å². The summed E-state index contributed by atoms with van der Waals surface area (Å²) in [7, 11) is 1.62. The summed E-state index contributed by atoms with van der Waals surface area (Å²) < 4.78 is 10.8. The first kappa shape index (κ1) is 20.7. The lowest BCUT2D eigenvalue weighted by molar-refractivity contribution is -0.132. The molecular formula is C23H28N2O4. The summed E-state index contributed by atoms with van der Waals surface area (Å²) in [4.78, 5) is 27.8. The van der Waals surface area contributed by atoms with Crippen molar-refractivity contribution < 1.29 is 19.1 Å². The van der Waals surface area contributed by atoms with Gasteiger partial charge in [-0.1, -0.05) is 0 Å². The zero-order valence-electron chi connectivity index (χ0n) is 17.3. The third kappa shape index (κ3) is 5.08. The molecule has 29 heavy (non-hydrogen) atoms. The number of rotatable bonds is 7. The number of aryl methyl sites for hydroxylation is 2. The lowest BCUT2D eigenvalue weighted by Gasteiger charge is -2.37. The van der Waals surface area contributed by atoms with Gasteiger partial charge < -0.3 is 19.3 Å². The second-order valence-electron chi connectivity index (χ2n) is 7.26. The minimum absolute atomic E-state index is 0.114. The van der Waals surface area contributed by atoms with E-state index in [4.69, 9.17) is 9.47 Å². The number of nitrogens with zero attached hydrogens (tertiary/aromatic N) is 2. The molecule has 0 bridgehead atoms. The number of hydrogen-bond acceptors (Lipinski definition) is 5. The molecule has 1 heterocycles. The van der Waals surface area contributed by atoms with E-state index in [1.807, 2.05) is 55.1 Å². The average Bonchev–Trinajstić information content (AvgIpc) is 2.74. The van der Waals surface area contributed by atoms with Crippen molar-refractivity contribution >= 4 is 17.9 Å². The molecule has 1 fully saturated rings. The lowest BCUT2D eigenvalue weighted by Crippen LogP contribution is -2.49. The Balaban J connectivity index is 1.48. The Kier molecular flexibility index (Phi) is 6.75. The molecule has 6 heteroatoms. The van der Waals surface area contributed by atoms with E-state index < -0.39 is 0 Å². The molecule has 0 aromatic heterocycles. The lowest BCUT2D eigenvalue weighted by atomic mass is 10.0. The average molecular weight is 396 g/mol. The van der Waals surface area contributed by atoms with E-state index in [9.17, 15) is 9.59 Å². The van der Waals surface area contributed by atoms with Gasteiger partial charge in [0.25, 0.3) is 0 Å². The van der Waals surface area contributed by atoms with Crippen LogP contribution in [-0.4, -0.2) is 57.0 Å². The van der Waals surface area contributed by atoms with Gasteiger partial charge in [0, 0.05) is 37.4 Å². The van der Waals surface area contributed by atoms with Crippen molar-refractivity contribution in [1.29, 1.82) is 0 Å². The molecule has 2 aromatic rings. The van der Waals surface area contributed by atoms with Crippen LogP contribution >= 0.6 is 0 Å². The number of amides is 1. The number of piperazine rings is 1. The van der Waals surface area contributed by atoms with E-state index >= 15 is 0 Å². The Morgan fingerprint density at radius 3 is 2.14 bits per heavy atom. The van der Waals surface area contributed by atoms with Crippen LogP contribution in [0.2, 0.25) is 0 Å². The van der Waals surface area contributed by atoms with Crippen molar-refractivity contribution in [3.8, 4) is 11.5 Å². The van der Waals surface area contributed by atoms with E-state index in [1.54, 1.807) is 7.11 Å². The maximum atomic E-state index is 12.5. The largest absolute Gasteiger partial charge is 0.497 e. The molecule has 1 saturated heterocycles. The van der Waals surface area contributed by atoms with Crippen molar-refractivity contribution in [2.24, 2.45) is 0 Å². The molecular weight excluding hydrogens is 368 g/mol. The van der Waals surface area contributed by atoms with Crippen LogP contribution < -0.4 is 14.4 Å². The van der Waals surface area contributed by atoms with Crippen molar-refractivity contribution in [1.82, 2.24) is 4.90 Å². The van der Waals surface area contributed by atoms with Crippen molar-refractivity contribution in [2.45, 2.75) is 20.3 Å². The Labute approximate surface area is 172 Å². The van der Waals surface area contributed by atoms with Crippen LogP contribution in [0.15, 0.2) is 36.4 Å². The fourth-order valence-corrected chi connectivity index (χ4v) is 3.82. The van der Waals surface area contributed by atoms with Gasteiger partial charge in [-0.25, -0.2) is 0 Å². The van der Waals surface area contributed by atoms with E-state index in [2.05, 4.69) is 4.90 Å². The van der Waals surface area contributed by atoms with Gasteiger partial charge in [-0.15, -0.1) is 0 Å². The Hall–Kier alpha value is -3.02. The molecule has 0 atom stereocenters. The smallest absolute Gasteiger partial charge is 0.226 e. The Morgan fingerprint density at radius 1 is 1.00 bits per heavy atom. The van der Waals surface area contributed by atoms with Gasteiger partial charge in [0.2, 0.25) is 5.91 Å². The zero-order chi connectivity index (χ0) is 20.8. The first-order chi connectivity index (χ1) is 14.0. The molecule has 0 saturated carbocycles. The molecule has 3 rings (SSSR count). The van der Waals surface area contributed by atoms with Crippen molar-refractivity contribution in [3.05, 3.63) is 53.1 Å². The summed E-state index contributed by atoms with van der Waals surface area (Å²) in [5.41, 5.74) is 4.07. The third-order valence-electron chi connectivity index (χ3n) is 5.24. The number of carbonyl (C=O) groups excluding carboxylic acids is 2. The summed E-state index contributed by atoms with van der Waals surface area (Å²) in [5, 5.41) is 0. The molecule has 0 aliphatic carbocycles. The summed E-state index contributed by atoms with van der Waals surface area (Å²) >= 11 is 0. The summed E-state index contributed by atoms with van der Waals surface area (Å²) in [5.74, 6) is 1.62. The van der Waals surface area contributed by atoms with Gasteiger partial charge in [-0.3, -0.25) is 9.59 Å². The molecule has 0 N–H and O–H groups in total. The second kappa shape index (κ2) is 9.45. The number of ether oxygens (including phenoxy) is 2. The molecule has 6 nitrogen and oxygen atoms in total. The summed E-state index contributed by atoms with van der Waals surface area (Å²) in [6.07, 6.45) is 1.24. The monoisotopic (exact) mass is 396 g/mol. The van der Waals surface area contributed by atoms with Crippen LogP contribution in [0.1, 0.15) is 27.9 Å². The standard InChI is InChI=1S/C23H28N2O4/c1-17-14-19(16-26)15-18(2)23(17)25-11-9-24(10-12-25)22(27)8-13-29-21-6-4-20(28-3)5-7-21/h4-7,14-16H,8-13H2,1-3H3. The Bertz CT molecular complexity index is 833. The molecule has 0 spiro atoms. The fraction of sp³-hybridized carbons (Fsp3) is 0.391. The molecule has 1 aliphatic rings. The van der Waals surface area contributed by atoms with Crippen molar-refractivity contribution in [3.63, 3.8) is 0 Å². The van der Waals surface area contributed by atoms with Crippen molar-refractivity contribution in [2.75, 3.05) is 44.8 Å². The maximum Gasteiger partial charge on any atom is 0.226 e. The minimum atomic E-state index is 0.114. The number of methoxy groups -OCH3 is 1. The molecule has 0 unspecified atom stereocenters. The van der Waals surface area contributed by atoms with Gasteiger partial charge in [-0.2, -0.15) is 0 Å². The quantitative estimate of drug-likeness (QED) is 0.673. The summed E-state index contributed by atoms with van der Waals surface area (Å²) in [6, 6.07) is 11.2. The highest BCUT2D eigenvalue weighted by atomic mass is 16.5. The topological polar surface area (TPSA) is 59.1 Å². The zero-order valence-corrected chi connectivity index (χ0v) is 17.3. The van der Waals surface area contributed by atoms with Crippen LogP contribution in [-0.2, 0) is 4.79 Å². The van der Waals surface area contributed by atoms with E-state index in [0.29, 0.717) is 31.7 Å². The molecule has 1 aliphatic heterocycles. The second-order valence-corrected chi connectivity index (χ2v) is 7.26.